The summed E-state index contributed by atoms with van der Waals surface area (Å²) in [6.45, 7) is 6.19. The zero-order chi connectivity index (χ0) is 34.6. The van der Waals surface area contributed by atoms with Crippen molar-refractivity contribution in [2.75, 3.05) is 29.4 Å². The highest BCUT2D eigenvalue weighted by Crippen LogP contribution is 2.44. The summed E-state index contributed by atoms with van der Waals surface area (Å²) < 4.78 is 53.3. The van der Waals surface area contributed by atoms with Crippen molar-refractivity contribution in [1.29, 1.82) is 0 Å². The molecule has 2 N–H and O–H groups in total. The minimum atomic E-state index is -4.90. The Kier molecular flexibility index (Phi) is 10.7. The molecule has 4 aromatic rings. The molecule has 1 aliphatic rings. The number of para-hydroxylation sites is 1. The number of aliphatic carboxylic acids is 1. The highest BCUT2D eigenvalue weighted by Gasteiger charge is 2.36. The number of methoxy groups -OCH3 is 1. The topological polar surface area (TPSA) is 91.3 Å². The Morgan fingerprint density at radius 3 is 2.40 bits per heavy atom. The van der Waals surface area contributed by atoms with Gasteiger partial charge in [-0.3, -0.25) is 14.3 Å². The lowest BCUT2D eigenvalue weighted by Crippen LogP contribution is -2.37. The number of nitrogens with one attached hydrogen (secondary N) is 1. The van der Waals surface area contributed by atoms with Gasteiger partial charge in [0.05, 0.1) is 17.7 Å². The molecule has 5 rings (SSSR count). The summed E-state index contributed by atoms with van der Waals surface area (Å²) in [5, 5.41) is 9.90. The molecule has 252 valence electrons. The van der Waals surface area contributed by atoms with E-state index < -0.39 is 30.0 Å². The van der Waals surface area contributed by atoms with Crippen molar-refractivity contribution in [3.63, 3.8) is 0 Å². The Bertz CT molecular complexity index is 1800. The number of rotatable bonds is 12. The van der Waals surface area contributed by atoms with Crippen LogP contribution >= 0.6 is 23.9 Å². The number of nitrogens with zero attached hydrogens (tertiary/aromatic N) is 2. The number of hydrogen-bond donors (Lipinski definition) is 2. The van der Waals surface area contributed by atoms with Crippen LogP contribution in [0.25, 0.3) is 0 Å². The number of ether oxygens (including phenoxy) is 2. The highest BCUT2D eigenvalue weighted by molar-refractivity contribution is 8.00. The van der Waals surface area contributed by atoms with E-state index in [1.165, 1.54) is 37.3 Å². The largest absolute Gasteiger partial charge is 0.573 e. The summed E-state index contributed by atoms with van der Waals surface area (Å²) in [6, 6.07) is 21.4. The first-order chi connectivity index (χ1) is 22.8. The molecule has 0 aliphatic carbocycles. The van der Waals surface area contributed by atoms with Gasteiger partial charge in [-0.25, -0.2) is 0 Å². The number of fused-ring (bicyclic) bond motifs is 1. The van der Waals surface area contributed by atoms with Gasteiger partial charge in [-0.15, -0.1) is 13.2 Å². The van der Waals surface area contributed by atoms with Gasteiger partial charge < -0.3 is 23.8 Å². The molecule has 1 unspecified atom stereocenters. The third-order valence-electron chi connectivity index (χ3n) is 7.70. The summed E-state index contributed by atoms with van der Waals surface area (Å²) in [6.07, 6.45) is -4.37. The summed E-state index contributed by atoms with van der Waals surface area (Å²) in [4.78, 5) is 29.1. The Morgan fingerprint density at radius 2 is 1.71 bits per heavy atom. The van der Waals surface area contributed by atoms with E-state index in [1.54, 1.807) is 34.6 Å². The van der Waals surface area contributed by atoms with Crippen LogP contribution in [0.4, 0.5) is 24.5 Å². The summed E-state index contributed by atoms with van der Waals surface area (Å²) in [7, 11) is 1.52. The SMILES string of the molecule is COc1cccc(C(C(=O)NSc2ccccc2OC(F)(F)F)N2CCc3c(N(CC(=O)O)Sc4c(C)cc(C)cc4C)cccc32)c1. The van der Waals surface area contributed by atoms with Crippen LogP contribution in [0.3, 0.4) is 0 Å². The fraction of sp³-hybridized carbons (Fsp3) is 0.257. The number of aryl methyl sites for hydroxylation is 3. The van der Waals surface area contributed by atoms with Gasteiger partial charge in [0.1, 0.15) is 24.1 Å². The maximum absolute atomic E-state index is 14.0. The third kappa shape index (κ3) is 8.13. The number of carboxylic acids is 1. The second kappa shape index (κ2) is 14.7. The van der Waals surface area contributed by atoms with Crippen molar-refractivity contribution in [2.45, 2.75) is 49.4 Å². The normalized spacial score (nSPS) is 13.1. The standard InChI is InChI=1S/C35H34F3N3O5S2/c1-21-17-22(2)33(23(3)18-21)48-41(20-31(42)43)28-12-8-11-27-26(28)15-16-40(27)32(24-9-7-10-25(19-24)45-4)34(44)39-47-30-14-6-5-13-29(30)46-35(36,37)38/h5-14,17-19,32H,15-16,20H2,1-4H3,(H,39,44)(H,42,43). The molecule has 0 fully saturated rings. The maximum Gasteiger partial charge on any atom is 0.573 e. The van der Waals surface area contributed by atoms with Gasteiger partial charge in [-0.2, -0.15) is 0 Å². The summed E-state index contributed by atoms with van der Waals surface area (Å²) in [5.41, 5.74) is 6.15. The van der Waals surface area contributed by atoms with Gasteiger partial charge in [0, 0.05) is 22.7 Å². The van der Waals surface area contributed by atoms with Crippen molar-refractivity contribution in [3.05, 3.63) is 107 Å². The number of carbonyl (C=O) groups is 2. The molecule has 1 heterocycles. The van der Waals surface area contributed by atoms with Crippen LogP contribution in [-0.2, 0) is 16.0 Å². The molecule has 1 amide bonds. The van der Waals surface area contributed by atoms with Gasteiger partial charge in [-0.1, -0.05) is 48.0 Å². The molecule has 8 nitrogen and oxygen atoms in total. The molecule has 1 aliphatic heterocycles. The molecular formula is C35H34F3N3O5S2. The lowest BCUT2D eigenvalue weighted by atomic mass is 10.0. The minimum Gasteiger partial charge on any atom is -0.497 e. The van der Waals surface area contributed by atoms with E-state index in [9.17, 15) is 27.9 Å². The number of anilines is 2. The molecule has 0 aromatic heterocycles. The molecule has 0 saturated heterocycles. The maximum atomic E-state index is 14.0. The molecule has 48 heavy (non-hydrogen) atoms. The van der Waals surface area contributed by atoms with E-state index in [0.717, 1.165) is 50.5 Å². The zero-order valence-electron chi connectivity index (χ0n) is 26.6. The van der Waals surface area contributed by atoms with Gasteiger partial charge >= 0.3 is 12.3 Å². The van der Waals surface area contributed by atoms with Crippen molar-refractivity contribution >= 4 is 47.1 Å². The van der Waals surface area contributed by atoms with E-state index in [-0.39, 0.29) is 11.4 Å². The molecule has 4 aromatic carbocycles. The molecular weight excluding hydrogens is 664 g/mol. The molecule has 0 bridgehead atoms. The summed E-state index contributed by atoms with van der Waals surface area (Å²) in [5.74, 6) is -1.36. The fourth-order valence-corrected chi connectivity index (χ4v) is 7.59. The second-order valence-electron chi connectivity index (χ2n) is 11.2. The van der Waals surface area contributed by atoms with E-state index in [0.29, 0.717) is 24.3 Å². The minimum absolute atomic E-state index is 0.0831. The van der Waals surface area contributed by atoms with Crippen LogP contribution in [0.5, 0.6) is 11.5 Å². The van der Waals surface area contributed by atoms with Crippen molar-refractivity contribution in [1.82, 2.24) is 4.72 Å². The predicted molar refractivity (Wildman–Crippen MR) is 182 cm³/mol. The smallest absolute Gasteiger partial charge is 0.497 e. The Balaban J connectivity index is 1.50. The number of carboxylic acid groups (broad SMARTS) is 1. The van der Waals surface area contributed by atoms with Crippen LogP contribution in [0.1, 0.15) is 33.9 Å². The Hall–Kier alpha value is -4.49. The number of halogens is 3. The zero-order valence-corrected chi connectivity index (χ0v) is 28.3. The molecule has 1 atom stereocenters. The first-order valence-electron chi connectivity index (χ1n) is 14.9. The van der Waals surface area contributed by atoms with E-state index >= 15 is 0 Å². The number of alkyl halides is 3. The van der Waals surface area contributed by atoms with Crippen molar-refractivity contribution in [3.8, 4) is 11.5 Å². The fourth-order valence-electron chi connectivity index (χ4n) is 5.84. The number of benzene rings is 4. The first kappa shape index (κ1) is 34.8. The highest BCUT2D eigenvalue weighted by atomic mass is 32.2. The first-order valence-corrected chi connectivity index (χ1v) is 16.5. The van der Waals surface area contributed by atoms with Crippen molar-refractivity contribution in [2.24, 2.45) is 0 Å². The average Bonchev–Trinajstić information content (AvgIpc) is 3.45. The predicted octanol–water partition coefficient (Wildman–Crippen LogP) is 8.04. The van der Waals surface area contributed by atoms with Crippen LogP contribution in [-0.4, -0.2) is 43.5 Å². The van der Waals surface area contributed by atoms with E-state index in [2.05, 4.69) is 21.6 Å². The second-order valence-corrected chi connectivity index (χ2v) is 13.1. The van der Waals surface area contributed by atoms with Crippen LogP contribution in [0.2, 0.25) is 0 Å². The van der Waals surface area contributed by atoms with Gasteiger partial charge in [0.15, 0.2) is 0 Å². The third-order valence-corrected chi connectivity index (χ3v) is 9.93. The quantitative estimate of drug-likeness (QED) is 0.143. The number of amides is 1. The molecule has 0 saturated carbocycles. The van der Waals surface area contributed by atoms with Crippen LogP contribution < -0.4 is 23.4 Å². The van der Waals surface area contributed by atoms with E-state index in [4.69, 9.17) is 4.74 Å². The average molecular weight is 698 g/mol. The summed E-state index contributed by atoms with van der Waals surface area (Å²) >= 11 is 2.10. The van der Waals surface area contributed by atoms with Crippen LogP contribution in [0, 0.1) is 20.8 Å². The van der Waals surface area contributed by atoms with Gasteiger partial charge in [-0.05, 0) is 104 Å². The lowest BCUT2D eigenvalue weighted by molar-refractivity contribution is -0.275. The Morgan fingerprint density at radius 1 is 1.00 bits per heavy atom. The molecule has 13 heteroatoms. The van der Waals surface area contributed by atoms with Gasteiger partial charge in [0.2, 0.25) is 0 Å². The van der Waals surface area contributed by atoms with E-state index in [1.807, 2.05) is 43.9 Å². The number of hydrogen-bond acceptors (Lipinski definition) is 8. The lowest BCUT2D eigenvalue weighted by Gasteiger charge is -2.31. The molecule has 0 radical (unpaired) electrons. The van der Waals surface area contributed by atoms with Crippen LogP contribution in [0.15, 0.2) is 88.7 Å². The van der Waals surface area contributed by atoms with Gasteiger partial charge in [0.25, 0.3) is 5.91 Å². The Labute approximate surface area is 285 Å². The van der Waals surface area contributed by atoms with Crippen molar-refractivity contribution < 1.29 is 37.3 Å². The monoisotopic (exact) mass is 697 g/mol. The number of carbonyl (C=O) groups excluding carboxylic acids is 1. The molecule has 0 spiro atoms.